The summed E-state index contributed by atoms with van der Waals surface area (Å²) >= 11 is 0. The van der Waals surface area contributed by atoms with Gasteiger partial charge in [-0.25, -0.2) is 27.2 Å². The fourth-order valence-electron chi connectivity index (χ4n) is 4.72. The highest BCUT2D eigenvalue weighted by Crippen LogP contribution is 2.36. The normalized spacial score (nSPS) is 18.9. The van der Waals surface area contributed by atoms with E-state index in [9.17, 15) is 13.2 Å². The number of amides is 1. The van der Waals surface area contributed by atoms with Crippen LogP contribution in [-0.4, -0.2) is 58.0 Å². The Balaban J connectivity index is 1.63. The molecule has 9 nitrogen and oxygen atoms in total. The van der Waals surface area contributed by atoms with E-state index in [2.05, 4.69) is 16.9 Å². The molecular formula is C23H25N5O4S. The van der Waals surface area contributed by atoms with Gasteiger partial charge in [0, 0.05) is 37.1 Å². The highest BCUT2D eigenvalue weighted by atomic mass is 32.2. The van der Waals surface area contributed by atoms with E-state index in [1.807, 2.05) is 11.3 Å². The van der Waals surface area contributed by atoms with Gasteiger partial charge in [-0.3, -0.25) is 4.40 Å². The molecule has 0 radical (unpaired) electrons. The Morgan fingerprint density at radius 3 is 2.58 bits per heavy atom. The van der Waals surface area contributed by atoms with Gasteiger partial charge in [-0.05, 0) is 31.0 Å². The zero-order valence-corrected chi connectivity index (χ0v) is 19.5. The zero-order chi connectivity index (χ0) is 23.3. The number of benzene rings is 1. The molecule has 1 fully saturated rings. The molecular weight excluding hydrogens is 442 g/mol. The van der Waals surface area contributed by atoms with Crippen LogP contribution in [0.15, 0.2) is 53.8 Å². The van der Waals surface area contributed by atoms with Gasteiger partial charge in [0.2, 0.25) is 0 Å². The number of aromatic nitrogens is 4. The van der Waals surface area contributed by atoms with Crippen LogP contribution in [0.1, 0.15) is 30.5 Å². The first kappa shape index (κ1) is 21.4. The molecule has 172 valence electrons. The lowest BCUT2D eigenvalue weighted by atomic mass is 9.91. The minimum atomic E-state index is -3.81. The quantitative estimate of drug-likeness (QED) is 0.456. The van der Waals surface area contributed by atoms with Gasteiger partial charge < -0.3 is 9.64 Å². The van der Waals surface area contributed by atoms with E-state index < -0.39 is 10.0 Å². The first-order valence-corrected chi connectivity index (χ1v) is 12.3. The van der Waals surface area contributed by atoms with Crippen molar-refractivity contribution in [3.05, 3.63) is 60.2 Å². The Hall–Kier alpha value is -3.40. The zero-order valence-electron chi connectivity index (χ0n) is 18.7. The van der Waals surface area contributed by atoms with Crippen molar-refractivity contribution in [2.45, 2.75) is 31.1 Å². The number of methoxy groups -OCH3 is 1. The molecule has 0 N–H and O–H groups in total. The minimum Gasteiger partial charge on any atom is -0.453 e. The molecule has 5 rings (SSSR count). The second-order valence-corrected chi connectivity index (χ2v) is 10.2. The summed E-state index contributed by atoms with van der Waals surface area (Å²) in [7, 11) is -2.42. The van der Waals surface area contributed by atoms with E-state index in [1.165, 1.54) is 17.3 Å². The Morgan fingerprint density at radius 2 is 1.88 bits per heavy atom. The second kappa shape index (κ2) is 7.87. The molecule has 4 aromatic rings. The number of nitrogens with zero attached hydrogens (tertiary/aromatic N) is 5. The van der Waals surface area contributed by atoms with Crippen LogP contribution >= 0.6 is 0 Å². The molecule has 10 heteroatoms. The van der Waals surface area contributed by atoms with Gasteiger partial charge in [-0.2, -0.15) is 0 Å². The Kier molecular flexibility index (Phi) is 5.12. The van der Waals surface area contributed by atoms with E-state index in [1.54, 1.807) is 47.6 Å². The number of likely N-dealkylation sites (tertiary alicyclic amines) is 1. The van der Waals surface area contributed by atoms with Crippen molar-refractivity contribution in [1.82, 2.24) is 23.2 Å². The molecule has 1 amide bonds. The van der Waals surface area contributed by atoms with Crippen molar-refractivity contribution in [3.63, 3.8) is 0 Å². The monoisotopic (exact) mass is 467 g/mol. The SMILES string of the molecule is CC[C@@H]1CN(C(=O)OC)C[C@@H]1c1cnc2cnc3c(ccn3S(=O)(=O)c3ccc(C)cc3)n12. The van der Waals surface area contributed by atoms with E-state index >= 15 is 0 Å². The van der Waals surface area contributed by atoms with Crippen LogP contribution < -0.4 is 0 Å². The Bertz CT molecular complexity index is 1460. The van der Waals surface area contributed by atoms with E-state index in [0.29, 0.717) is 29.9 Å². The summed E-state index contributed by atoms with van der Waals surface area (Å²) in [5.41, 5.74) is 3.54. The van der Waals surface area contributed by atoms with Crippen LogP contribution in [0.25, 0.3) is 16.8 Å². The highest BCUT2D eigenvalue weighted by molar-refractivity contribution is 7.90. The average Bonchev–Trinajstić information content (AvgIpc) is 3.53. The summed E-state index contributed by atoms with van der Waals surface area (Å²) in [5, 5.41) is 0. The smallest absolute Gasteiger partial charge is 0.409 e. The molecule has 0 spiro atoms. The van der Waals surface area contributed by atoms with Crippen LogP contribution in [0.3, 0.4) is 0 Å². The van der Waals surface area contributed by atoms with Crippen molar-refractivity contribution >= 4 is 32.9 Å². The number of fused-ring (bicyclic) bond motifs is 3. The number of hydrogen-bond donors (Lipinski definition) is 0. The number of hydrogen-bond acceptors (Lipinski definition) is 6. The van der Waals surface area contributed by atoms with Gasteiger partial charge in [0.1, 0.15) is 0 Å². The average molecular weight is 468 g/mol. The van der Waals surface area contributed by atoms with E-state index in [0.717, 1.165) is 17.7 Å². The third kappa shape index (κ3) is 3.36. The summed E-state index contributed by atoms with van der Waals surface area (Å²) in [6.45, 7) is 5.14. The molecule has 0 unspecified atom stereocenters. The topological polar surface area (TPSA) is 98.8 Å². The molecule has 33 heavy (non-hydrogen) atoms. The van der Waals surface area contributed by atoms with Gasteiger partial charge in [0.25, 0.3) is 10.0 Å². The van der Waals surface area contributed by atoms with Gasteiger partial charge in [-0.1, -0.05) is 31.0 Å². The molecule has 0 bridgehead atoms. The number of carbonyl (C=O) groups is 1. The fraction of sp³-hybridized carbons (Fsp3) is 0.348. The van der Waals surface area contributed by atoms with Gasteiger partial charge in [-0.15, -0.1) is 0 Å². The third-order valence-corrected chi connectivity index (χ3v) is 8.20. The fourth-order valence-corrected chi connectivity index (χ4v) is 6.02. The largest absolute Gasteiger partial charge is 0.453 e. The predicted molar refractivity (Wildman–Crippen MR) is 123 cm³/mol. The minimum absolute atomic E-state index is 0.0479. The van der Waals surface area contributed by atoms with E-state index in [-0.39, 0.29) is 22.8 Å². The van der Waals surface area contributed by atoms with E-state index in [4.69, 9.17) is 4.74 Å². The summed E-state index contributed by atoms with van der Waals surface area (Å²) in [4.78, 5) is 23.0. The Labute approximate surface area is 191 Å². The number of carbonyl (C=O) groups excluding carboxylic acids is 1. The lowest BCUT2D eigenvalue weighted by Gasteiger charge is -2.16. The van der Waals surface area contributed by atoms with Gasteiger partial charge >= 0.3 is 6.09 Å². The van der Waals surface area contributed by atoms with Crippen molar-refractivity contribution in [2.75, 3.05) is 20.2 Å². The molecule has 1 saturated heterocycles. The maximum Gasteiger partial charge on any atom is 0.409 e. The van der Waals surface area contributed by atoms with Gasteiger partial charge in [0.05, 0.1) is 23.7 Å². The van der Waals surface area contributed by atoms with Crippen molar-refractivity contribution in [2.24, 2.45) is 5.92 Å². The molecule has 1 aromatic carbocycles. The molecule has 3 aromatic heterocycles. The molecule has 0 saturated carbocycles. The summed E-state index contributed by atoms with van der Waals surface area (Å²) in [6, 6.07) is 8.50. The highest BCUT2D eigenvalue weighted by Gasteiger charge is 2.37. The lowest BCUT2D eigenvalue weighted by molar-refractivity contribution is 0.131. The van der Waals surface area contributed by atoms with Crippen molar-refractivity contribution in [3.8, 4) is 0 Å². The lowest BCUT2D eigenvalue weighted by Crippen LogP contribution is -2.28. The van der Waals surface area contributed by atoms with Crippen LogP contribution in [0, 0.1) is 12.8 Å². The number of ether oxygens (including phenoxy) is 1. The van der Waals surface area contributed by atoms with Gasteiger partial charge in [0.15, 0.2) is 11.3 Å². The van der Waals surface area contributed by atoms with Crippen LogP contribution in [0.2, 0.25) is 0 Å². The molecule has 0 aliphatic carbocycles. The Morgan fingerprint density at radius 1 is 1.12 bits per heavy atom. The maximum atomic E-state index is 13.3. The molecule has 1 aliphatic rings. The summed E-state index contributed by atoms with van der Waals surface area (Å²) in [6.07, 6.45) is 5.47. The van der Waals surface area contributed by atoms with Crippen molar-refractivity contribution < 1.29 is 17.9 Å². The first-order valence-electron chi connectivity index (χ1n) is 10.8. The van der Waals surface area contributed by atoms with Crippen LogP contribution in [0.5, 0.6) is 0 Å². The number of aryl methyl sites for hydroxylation is 1. The number of imidazole rings is 1. The predicted octanol–water partition coefficient (Wildman–Crippen LogP) is 3.42. The maximum absolute atomic E-state index is 13.3. The molecule has 4 heterocycles. The number of rotatable bonds is 4. The van der Waals surface area contributed by atoms with Crippen LogP contribution in [0.4, 0.5) is 4.79 Å². The first-order chi connectivity index (χ1) is 15.8. The molecule has 2 atom stereocenters. The van der Waals surface area contributed by atoms with Crippen LogP contribution in [-0.2, 0) is 14.8 Å². The summed E-state index contributed by atoms with van der Waals surface area (Å²) in [5.74, 6) is 0.289. The standard InChI is InChI=1S/C23H25N5O4S/c1-4-16-13-26(23(29)32-3)14-18(16)20-11-24-21-12-25-22-19(28(20)21)9-10-27(22)33(30,31)17-7-5-15(2)6-8-17/h5-12,16,18H,4,13-14H2,1-3H3/t16-,18+/m1/s1. The molecule has 1 aliphatic heterocycles. The van der Waals surface area contributed by atoms with Crippen molar-refractivity contribution in [1.29, 1.82) is 0 Å². The third-order valence-electron chi connectivity index (χ3n) is 6.52. The summed E-state index contributed by atoms with van der Waals surface area (Å²) < 4.78 is 34.7. The second-order valence-electron chi connectivity index (χ2n) is 8.42.